The van der Waals surface area contributed by atoms with Crippen molar-refractivity contribution in [2.24, 2.45) is 23.7 Å². The maximum atomic E-state index is 12.7. The van der Waals surface area contributed by atoms with Crippen LogP contribution in [0.25, 0.3) is 0 Å². The van der Waals surface area contributed by atoms with E-state index in [0.717, 1.165) is 16.9 Å². The van der Waals surface area contributed by atoms with Crippen LogP contribution in [0.4, 0.5) is 0 Å². The minimum absolute atomic E-state index is 0.0905. The Morgan fingerprint density at radius 3 is 2.19 bits per heavy atom. The summed E-state index contributed by atoms with van der Waals surface area (Å²) in [5, 5.41) is 0. The van der Waals surface area contributed by atoms with Crippen molar-refractivity contribution >= 4 is 23.6 Å². The fourth-order valence-corrected chi connectivity index (χ4v) is 4.49. The summed E-state index contributed by atoms with van der Waals surface area (Å²) in [4.78, 5) is 51.0. The smallest absolute Gasteiger partial charge is 0.329 e. The number of fused-ring (bicyclic) bond motifs is 5. The second-order valence-electron chi connectivity index (χ2n) is 7.62. The zero-order valence-electron chi connectivity index (χ0n) is 15.3. The van der Waals surface area contributed by atoms with E-state index in [4.69, 9.17) is 4.74 Å². The number of hydrogen-bond donors (Lipinski definition) is 0. The maximum absolute atomic E-state index is 12.7. The van der Waals surface area contributed by atoms with Gasteiger partial charge in [-0.3, -0.25) is 19.3 Å². The maximum Gasteiger partial charge on any atom is 0.329 e. The first-order valence-electron chi connectivity index (χ1n) is 9.20. The summed E-state index contributed by atoms with van der Waals surface area (Å²) in [7, 11) is 0. The van der Waals surface area contributed by atoms with Crippen molar-refractivity contribution in [1.29, 1.82) is 0 Å². The Labute approximate surface area is 157 Å². The number of benzene rings is 1. The van der Waals surface area contributed by atoms with E-state index in [9.17, 15) is 19.2 Å². The first kappa shape index (κ1) is 17.6. The molecule has 3 aliphatic rings. The monoisotopic (exact) mass is 367 g/mol. The van der Waals surface area contributed by atoms with Gasteiger partial charge in [-0.1, -0.05) is 42.0 Å². The lowest BCUT2D eigenvalue weighted by Crippen LogP contribution is -2.45. The largest absolute Gasteiger partial charge is 0.456 e. The molecule has 1 heterocycles. The topological polar surface area (TPSA) is 80.8 Å². The van der Waals surface area contributed by atoms with Gasteiger partial charge in [-0.05, 0) is 32.1 Å². The number of imide groups is 1. The van der Waals surface area contributed by atoms with Crippen LogP contribution in [0.1, 0.15) is 29.3 Å². The predicted octanol–water partition coefficient (Wildman–Crippen LogP) is 1.92. The van der Waals surface area contributed by atoms with Crippen molar-refractivity contribution in [1.82, 2.24) is 4.90 Å². The second kappa shape index (κ2) is 6.44. The van der Waals surface area contributed by atoms with Crippen LogP contribution in [0.2, 0.25) is 0 Å². The molecule has 1 aromatic rings. The fourth-order valence-electron chi connectivity index (χ4n) is 4.49. The van der Waals surface area contributed by atoms with Gasteiger partial charge in [0.15, 0.2) is 12.4 Å². The van der Waals surface area contributed by atoms with Crippen molar-refractivity contribution < 1.29 is 23.9 Å². The molecule has 2 aliphatic carbocycles. The summed E-state index contributed by atoms with van der Waals surface area (Å²) in [5.41, 5.74) is 1.48. The van der Waals surface area contributed by atoms with Crippen molar-refractivity contribution in [3.8, 4) is 0 Å². The number of allylic oxidation sites excluding steroid dienone is 2. The molecule has 6 heteroatoms. The number of amides is 2. The highest BCUT2D eigenvalue weighted by molar-refractivity contribution is 6.09. The van der Waals surface area contributed by atoms with Gasteiger partial charge in [-0.2, -0.15) is 0 Å². The van der Waals surface area contributed by atoms with Crippen LogP contribution in [0, 0.1) is 30.6 Å². The van der Waals surface area contributed by atoms with E-state index in [1.54, 1.807) is 24.3 Å². The van der Waals surface area contributed by atoms with Crippen molar-refractivity contribution in [2.75, 3.05) is 6.61 Å². The van der Waals surface area contributed by atoms with Crippen LogP contribution in [0.3, 0.4) is 0 Å². The summed E-state index contributed by atoms with van der Waals surface area (Å²) < 4.78 is 5.10. The Bertz CT molecular complexity index is 826. The van der Waals surface area contributed by atoms with Crippen LogP contribution in [-0.2, 0) is 19.1 Å². The van der Waals surface area contributed by atoms with Gasteiger partial charge in [-0.15, -0.1) is 0 Å². The number of rotatable bonds is 5. The number of esters is 1. The summed E-state index contributed by atoms with van der Waals surface area (Å²) in [5.74, 6) is -2.17. The number of carbonyl (C=O) groups is 4. The average molecular weight is 367 g/mol. The van der Waals surface area contributed by atoms with Crippen LogP contribution < -0.4 is 0 Å². The lowest BCUT2D eigenvalue weighted by Gasteiger charge is -2.23. The molecule has 1 aromatic carbocycles. The zero-order chi connectivity index (χ0) is 19.3. The van der Waals surface area contributed by atoms with Crippen molar-refractivity contribution in [2.45, 2.75) is 26.3 Å². The molecule has 0 radical (unpaired) electrons. The highest BCUT2D eigenvalue weighted by Gasteiger charge is 2.60. The predicted molar refractivity (Wildman–Crippen MR) is 95.5 cm³/mol. The van der Waals surface area contributed by atoms with Gasteiger partial charge in [0.1, 0.15) is 6.04 Å². The van der Waals surface area contributed by atoms with Crippen LogP contribution in [-0.4, -0.2) is 41.1 Å². The molecule has 0 spiro atoms. The number of likely N-dealkylation sites (tertiary alicyclic amines) is 1. The lowest BCUT2D eigenvalue weighted by atomic mass is 9.85. The van der Waals surface area contributed by atoms with E-state index in [1.165, 1.54) is 6.92 Å². The molecule has 6 nitrogen and oxygen atoms in total. The normalized spacial score (nSPS) is 29.2. The Morgan fingerprint density at radius 1 is 1.07 bits per heavy atom. The summed E-state index contributed by atoms with van der Waals surface area (Å²) in [6.07, 6.45) is 4.85. The number of ether oxygens (including phenoxy) is 1. The fraction of sp³-hybridized carbons (Fsp3) is 0.429. The average Bonchev–Trinajstić information content (AvgIpc) is 3.33. The molecule has 0 N–H and O–H groups in total. The van der Waals surface area contributed by atoms with Crippen LogP contribution in [0.5, 0.6) is 0 Å². The van der Waals surface area contributed by atoms with Crippen LogP contribution in [0.15, 0.2) is 36.4 Å². The number of carbonyl (C=O) groups excluding carboxylic acids is 4. The van der Waals surface area contributed by atoms with Gasteiger partial charge < -0.3 is 4.74 Å². The zero-order valence-corrected chi connectivity index (χ0v) is 15.3. The van der Waals surface area contributed by atoms with Crippen LogP contribution >= 0.6 is 0 Å². The number of ketones is 1. The van der Waals surface area contributed by atoms with Crippen molar-refractivity contribution in [3.05, 3.63) is 47.5 Å². The molecule has 1 aliphatic heterocycles. The third kappa shape index (κ3) is 2.80. The molecular formula is C21H21NO5. The highest BCUT2D eigenvalue weighted by atomic mass is 16.5. The molecule has 1 saturated heterocycles. The van der Waals surface area contributed by atoms with E-state index < -0.39 is 18.6 Å². The molecule has 2 bridgehead atoms. The second-order valence-corrected chi connectivity index (χ2v) is 7.62. The number of aryl methyl sites for hydroxylation is 1. The van der Waals surface area contributed by atoms with Gasteiger partial charge in [0, 0.05) is 5.56 Å². The molecule has 1 saturated carbocycles. The molecule has 2 amide bonds. The molecule has 0 aromatic heterocycles. The molecule has 140 valence electrons. The van der Waals surface area contributed by atoms with Crippen molar-refractivity contribution in [3.63, 3.8) is 0 Å². The molecule has 5 atom stereocenters. The van der Waals surface area contributed by atoms with Gasteiger partial charge in [0.2, 0.25) is 11.8 Å². The van der Waals surface area contributed by atoms with Gasteiger partial charge in [0.05, 0.1) is 11.8 Å². The summed E-state index contributed by atoms with van der Waals surface area (Å²) in [6.45, 7) is 2.98. The summed E-state index contributed by atoms with van der Waals surface area (Å²) >= 11 is 0. The van der Waals surface area contributed by atoms with E-state index in [-0.39, 0.29) is 41.3 Å². The van der Waals surface area contributed by atoms with E-state index in [2.05, 4.69) is 0 Å². The lowest BCUT2D eigenvalue weighted by molar-refractivity contribution is -0.157. The molecule has 27 heavy (non-hydrogen) atoms. The highest BCUT2D eigenvalue weighted by Crippen LogP contribution is 2.52. The number of Topliss-reactive ketones (excluding diaryl/α,β-unsaturated/α-hetero) is 1. The molecule has 2 fully saturated rings. The quantitative estimate of drug-likeness (QED) is 0.344. The van der Waals surface area contributed by atoms with Gasteiger partial charge >= 0.3 is 5.97 Å². The third-order valence-corrected chi connectivity index (χ3v) is 5.95. The van der Waals surface area contributed by atoms with Gasteiger partial charge in [-0.25, -0.2) is 4.79 Å². The van der Waals surface area contributed by atoms with E-state index in [0.29, 0.717) is 5.56 Å². The Hall–Kier alpha value is -2.76. The SMILES string of the molecule is Cc1ccc(C(=O)COC(=O)[C@@H](C)N2C(=O)[C@@H]3[C@H](C2=O)[C@@H]2C=C[C@H]3C2)cc1. The Balaban J connectivity index is 1.39. The number of nitrogens with zero attached hydrogens (tertiary/aromatic N) is 1. The third-order valence-electron chi connectivity index (χ3n) is 5.95. The summed E-state index contributed by atoms with van der Waals surface area (Å²) in [6, 6.07) is 5.93. The number of hydrogen-bond acceptors (Lipinski definition) is 5. The first-order chi connectivity index (χ1) is 12.9. The Kier molecular flexibility index (Phi) is 4.21. The molecule has 4 rings (SSSR count). The first-order valence-corrected chi connectivity index (χ1v) is 9.20. The molecule has 0 unspecified atom stereocenters. The van der Waals surface area contributed by atoms with E-state index in [1.807, 2.05) is 19.1 Å². The van der Waals surface area contributed by atoms with Gasteiger partial charge in [0.25, 0.3) is 0 Å². The Morgan fingerprint density at radius 2 is 1.63 bits per heavy atom. The standard InChI is InChI=1S/C21H21NO5/c1-11-3-5-13(6-4-11)16(23)10-27-21(26)12(2)22-19(24)17-14-7-8-15(9-14)18(17)20(22)25/h3-8,12,14-15,17-18H,9-10H2,1-2H3/t12-,14-,15+,17-,18+/m1/s1. The minimum Gasteiger partial charge on any atom is -0.456 e. The molecular weight excluding hydrogens is 346 g/mol. The minimum atomic E-state index is -1.03. The van der Waals surface area contributed by atoms with E-state index >= 15 is 0 Å².